The lowest BCUT2D eigenvalue weighted by Crippen LogP contribution is -2.30. The van der Waals surface area contributed by atoms with E-state index >= 15 is 0 Å². The second-order valence-electron chi connectivity index (χ2n) is 5.64. The van der Waals surface area contributed by atoms with E-state index in [1.165, 1.54) is 36.4 Å². The first-order valence-corrected chi connectivity index (χ1v) is 10.3. The maximum Gasteiger partial charge on any atom is 0.251 e. The standard InChI is InChI=1S/C17H16FNO3S2/c1-24(21,22)13-5-2-11(3-6-13)17(20)19-15-8-9-23-16-7-4-12(18)10-14(15)16/h2-7,10,15H,8-9H2,1H3,(H,19,20). The van der Waals surface area contributed by atoms with E-state index in [-0.39, 0.29) is 22.7 Å². The Morgan fingerprint density at radius 2 is 1.92 bits per heavy atom. The van der Waals surface area contributed by atoms with Crippen molar-refractivity contribution in [2.24, 2.45) is 0 Å². The van der Waals surface area contributed by atoms with Gasteiger partial charge in [-0.25, -0.2) is 12.8 Å². The van der Waals surface area contributed by atoms with Gasteiger partial charge < -0.3 is 5.32 Å². The molecule has 3 rings (SSSR count). The molecule has 0 bridgehead atoms. The number of thioether (sulfide) groups is 1. The van der Waals surface area contributed by atoms with Gasteiger partial charge >= 0.3 is 0 Å². The lowest BCUT2D eigenvalue weighted by atomic mass is 10.0. The number of nitrogens with one attached hydrogen (secondary N) is 1. The molecule has 1 aliphatic heterocycles. The van der Waals surface area contributed by atoms with E-state index in [9.17, 15) is 17.6 Å². The van der Waals surface area contributed by atoms with Crippen LogP contribution in [0.3, 0.4) is 0 Å². The van der Waals surface area contributed by atoms with Crippen LogP contribution in [0.2, 0.25) is 0 Å². The van der Waals surface area contributed by atoms with Gasteiger partial charge in [-0.1, -0.05) is 0 Å². The van der Waals surface area contributed by atoms with Gasteiger partial charge in [-0.3, -0.25) is 4.79 Å². The number of rotatable bonds is 3. The van der Waals surface area contributed by atoms with E-state index in [0.717, 1.165) is 22.5 Å². The summed E-state index contributed by atoms with van der Waals surface area (Å²) in [6.07, 6.45) is 1.83. The topological polar surface area (TPSA) is 63.2 Å². The van der Waals surface area contributed by atoms with Crippen LogP contribution in [-0.2, 0) is 9.84 Å². The molecule has 1 aliphatic rings. The lowest BCUT2D eigenvalue weighted by molar-refractivity contribution is 0.0934. The van der Waals surface area contributed by atoms with Crippen LogP contribution in [0.25, 0.3) is 0 Å². The highest BCUT2D eigenvalue weighted by atomic mass is 32.2. The van der Waals surface area contributed by atoms with Crippen LogP contribution < -0.4 is 5.32 Å². The van der Waals surface area contributed by atoms with Crippen molar-refractivity contribution < 1.29 is 17.6 Å². The predicted octanol–water partition coefficient (Wildman–Crippen LogP) is 3.20. The second-order valence-corrected chi connectivity index (χ2v) is 8.79. The maximum absolute atomic E-state index is 13.5. The summed E-state index contributed by atoms with van der Waals surface area (Å²) in [7, 11) is -3.29. The van der Waals surface area contributed by atoms with E-state index in [1.807, 2.05) is 0 Å². The minimum atomic E-state index is -3.29. The molecule has 0 radical (unpaired) electrons. The summed E-state index contributed by atoms with van der Waals surface area (Å²) in [5, 5.41) is 2.91. The molecule has 126 valence electrons. The van der Waals surface area contributed by atoms with Crippen LogP contribution >= 0.6 is 11.8 Å². The van der Waals surface area contributed by atoms with Crippen molar-refractivity contribution in [3.05, 3.63) is 59.4 Å². The number of carbonyl (C=O) groups is 1. The largest absolute Gasteiger partial charge is 0.345 e. The third-order valence-corrected chi connectivity index (χ3v) is 6.11. The zero-order valence-corrected chi connectivity index (χ0v) is 14.6. The molecule has 1 atom stereocenters. The van der Waals surface area contributed by atoms with Gasteiger partial charge in [0.25, 0.3) is 5.91 Å². The van der Waals surface area contributed by atoms with Crippen molar-refractivity contribution in [3.8, 4) is 0 Å². The van der Waals surface area contributed by atoms with Crippen molar-refractivity contribution >= 4 is 27.5 Å². The highest BCUT2D eigenvalue weighted by molar-refractivity contribution is 7.99. The van der Waals surface area contributed by atoms with Crippen LogP contribution in [0, 0.1) is 5.82 Å². The lowest BCUT2D eigenvalue weighted by Gasteiger charge is -2.26. The Kier molecular flexibility index (Phi) is 4.64. The van der Waals surface area contributed by atoms with Crippen LogP contribution in [0.1, 0.15) is 28.4 Å². The normalized spacial score (nSPS) is 17.2. The number of benzene rings is 2. The smallest absolute Gasteiger partial charge is 0.251 e. The molecule has 2 aromatic carbocycles. The van der Waals surface area contributed by atoms with Crippen molar-refractivity contribution in [3.63, 3.8) is 0 Å². The van der Waals surface area contributed by atoms with Gasteiger partial charge in [0.15, 0.2) is 9.84 Å². The monoisotopic (exact) mass is 365 g/mol. The van der Waals surface area contributed by atoms with Gasteiger partial charge in [-0.15, -0.1) is 11.8 Å². The number of carbonyl (C=O) groups excluding carboxylic acids is 1. The molecule has 1 N–H and O–H groups in total. The van der Waals surface area contributed by atoms with E-state index in [2.05, 4.69) is 5.32 Å². The van der Waals surface area contributed by atoms with Gasteiger partial charge in [0, 0.05) is 22.5 Å². The SMILES string of the molecule is CS(=O)(=O)c1ccc(C(=O)NC2CCSc3ccc(F)cc32)cc1. The average molecular weight is 365 g/mol. The molecule has 7 heteroatoms. The van der Waals surface area contributed by atoms with Gasteiger partial charge in [-0.05, 0) is 54.4 Å². The molecule has 2 aromatic rings. The van der Waals surface area contributed by atoms with E-state index in [1.54, 1.807) is 17.8 Å². The Bertz CT molecular complexity index is 879. The summed E-state index contributed by atoms with van der Waals surface area (Å²) in [6, 6.07) is 10.1. The van der Waals surface area contributed by atoms with E-state index < -0.39 is 9.84 Å². The number of fused-ring (bicyclic) bond motifs is 1. The molecule has 0 spiro atoms. The zero-order valence-electron chi connectivity index (χ0n) is 13.0. The average Bonchev–Trinajstić information content (AvgIpc) is 2.54. The summed E-state index contributed by atoms with van der Waals surface area (Å²) in [4.78, 5) is 13.5. The van der Waals surface area contributed by atoms with Crippen molar-refractivity contribution in [1.29, 1.82) is 0 Å². The van der Waals surface area contributed by atoms with Crippen LogP contribution in [-0.4, -0.2) is 26.3 Å². The van der Waals surface area contributed by atoms with Gasteiger partial charge in [0.05, 0.1) is 10.9 Å². The molecule has 0 saturated carbocycles. The molecule has 4 nitrogen and oxygen atoms in total. The van der Waals surface area contributed by atoms with Crippen LogP contribution in [0.15, 0.2) is 52.3 Å². The van der Waals surface area contributed by atoms with Gasteiger partial charge in [-0.2, -0.15) is 0 Å². The molecule has 1 unspecified atom stereocenters. The Morgan fingerprint density at radius 3 is 2.58 bits per heavy atom. The van der Waals surface area contributed by atoms with Crippen LogP contribution in [0.5, 0.6) is 0 Å². The Labute approximate surface area is 144 Å². The fourth-order valence-electron chi connectivity index (χ4n) is 2.61. The molecular formula is C17H16FNO3S2. The molecule has 1 amide bonds. The van der Waals surface area contributed by atoms with Gasteiger partial charge in [0.1, 0.15) is 5.82 Å². The molecule has 1 heterocycles. The summed E-state index contributed by atoms with van der Waals surface area (Å²) < 4.78 is 36.4. The van der Waals surface area contributed by atoms with E-state index in [0.29, 0.717) is 12.0 Å². The van der Waals surface area contributed by atoms with Crippen molar-refractivity contribution in [2.75, 3.05) is 12.0 Å². The quantitative estimate of drug-likeness (QED) is 0.907. The highest BCUT2D eigenvalue weighted by Gasteiger charge is 2.23. The molecule has 0 aromatic heterocycles. The first-order chi connectivity index (χ1) is 11.3. The number of amides is 1. The minimum Gasteiger partial charge on any atom is -0.345 e. The Balaban J connectivity index is 1.80. The number of halogens is 1. The third kappa shape index (κ3) is 3.62. The van der Waals surface area contributed by atoms with Gasteiger partial charge in [0.2, 0.25) is 0 Å². The third-order valence-electron chi connectivity index (χ3n) is 3.86. The summed E-state index contributed by atoms with van der Waals surface area (Å²) in [5.74, 6) is 0.214. The summed E-state index contributed by atoms with van der Waals surface area (Å²) in [6.45, 7) is 0. The molecule has 0 saturated heterocycles. The van der Waals surface area contributed by atoms with Crippen molar-refractivity contribution in [1.82, 2.24) is 5.32 Å². The Morgan fingerprint density at radius 1 is 1.21 bits per heavy atom. The minimum absolute atomic E-state index is 0.167. The zero-order chi connectivity index (χ0) is 17.3. The van der Waals surface area contributed by atoms with Crippen LogP contribution in [0.4, 0.5) is 4.39 Å². The number of hydrogen-bond acceptors (Lipinski definition) is 4. The fraction of sp³-hybridized carbons (Fsp3) is 0.235. The molecule has 0 aliphatic carbocycles. The predicted molar refractivity (Wildman–Crippen MR) is 91.5 cm³/mol. The molecular weight excluding hydrogens is 349 g/mol. The fourth-order valence-corrected chi connectivity index (χ4v) is 4.35. The summed E-state index contributed by atoms with van der Waals surface area (Å²) >= 11 is 1.64. The number of sulfone groups is 1. The van der Waals surface area contributed by atoms with E-state index in [4.69, 9.17) is 0 Å². The number of hydrogen-bond donors (Lipinski definition) is 1. The highest BCUT2D eigenvalue weighted by Crippen LogP contribution is 2.36. The Hall–Kier alpha value is -1.86. The molecule has 24 heavy (non-hydrogen) atoms. The second kappa shape index (κ2) is 6.57. The summed E-state index contributed by atoms with van der Waals surface area (Å²) in [5.41, 5.74) is 1.16. The molecule has 0 fully saturated rings. The maximum atomic E-state index is 13.5. The first-order valence-electron chi connectivity index (χ1n) is 7.38. The van der Waals surface area contributed by atoms with Crippen molar-refractivity contribution in [2.45, 2.75) is 22.3 Å². The first kappa shape index (κ1) is 17.0.